The number of hydrogen-bond acceptors (Lipinski definition) is 5. The Morgan fingerprint density at radius 3 is 2.63 bits per heavy atom. The minimum absolute atomic E-state index is 0.346. The van der Waals surface area contributed by atoms with E-state index < -0.39 is 11.5 Å². The van der Waals surface area contributed by atoms with Gasteiger partial charge in [-0.1, -0.05) is 11.3 Å². The molecular weight excluding hydrogens is 266 g/mol. The van der Waals surface area contributed by atoms with Crippen molar-refractivity contribution < 1.29 is 14.7 Å². The number of aromatic nitrogens is 1. The molecule has 0 saturated heterocycles. The van der Waals surface area contributed by atoms with Gasteiger partial charge in [0, 0.05) is 6.54 Å². The third-order valence-corrected chi connectivity index (χ3v) is 4.41. The van der Waals surface area contributed by atoms with Crippen LogP contribution in [0.15, 0.2) is 0 Å². The lowest BCUT2D eigenvalue weighted by atomic mass is 9.76. The van der Waals surface area contributed by atoms with E-state index >= 15 is 0 Å². The van der Waals surface area contributed by atoms with Crippen LogP contribution in [0, 0.1) is 6.92 Å². The van der Waals surface area contributed by atoms with Gasteiger partial charge in [-0.15, -0.1) is 0 Å². The zero-order valence-corrected chi connectivity index (χ0v) is 11.8. The highest BCUT2D eigenvalue weighted by molar-refractivity contribution is 7.17. The SMILES string of the molecule is CCNc1nc(C)c(C(=O)NC2(C(=O)O)CCC2)s1. The summed E-state index contributed by atoms with van der Waals surface area (Å²) in [6, 6.07) is 0. The normalized spacial score (nSPS) is 16.5. The number of carbonyl (C=O) groups is 2. The van der Waals surface area contributed by atoms with Crippen LogP contribution in [0.1, 0.15) is 41.6 Å². The van der Waals surface area contributed by atoms with Crippen LogP contribution >= 0.6 is 11.3 Å². The molecule has 1 aliphatic carbocycles. The van der Waals surface area contributed by atoms with Crippen molar-refractivity contribution in [3.05, 3.63) is 10.6 Å². The van der Waals surface area contributed by atoms with Crippen LogP contribution in [0.2, 0.25) is 0 Å². The number of carboxylic acid groups (broad SMARTS) is 1. The van der Waals surface area contributed by atoms with E-state index in [2.05, 4.69) is 15.6 Å². The molecule has 1 heterocycles. The summed E-state index contributed by atoms with van der Waals surface area (Å²) >= 11 is 1.25. The summed E-state index contributed by atoms with van der Waals surface area (Å²) in [4.78, 5) is 28.1. The van der Waals surface area contributed by atoms with Crippen molar-refractivity contribution in [2.75, 3.05) is 11.9 Å². The molecule has 1 aromatic rings. The quantitative estimate of drug-likeness (QED) is 0.764. The maximum atomic E-state index is 12.2. The summed E-state index contributed by atoms with van der Waals surface area (Å²) in [5.41, 5.74) is -0.454. The highest BCUT2D eigenvalue weighted by Gasteiger charge is 2.46. The number of aryl methyl sites for hydroxylation is 1. The number of carbonyl (C=O) groups excluding carboxylic acids is 1. The van der Waals surface area contributed by atoms with Gasteiger partial charge < -0.3 is 15.7 Å². The Morgan fingerprint density at radius 2 is 2.16 bits per heavy atom. The Morgan fingerprint density at radius 1 is 1.47 bits per heavy atom. The number of aliphatic carboxylic acids is 1. The molecule has 104 valence electrons. The Hall–Kier alpha value is -1.63. The molecule has 0 spiro atoms. The number of amides is 1. The standard InChI is InChI=1S/C12H17N3O3S/c1-3-13-11-14-7(2)8(19-11)9(16)15-12(10(17)18)5-4-6-12/h3-6H2,1-2H3,(H,13,14)(H,15,16)(H,17,18). The molecule has 0 atom stereocenters. The number of carboxylic acids is 1. The molecule has 1 aliphatic rings. The van der Waals surface area contributed by atoms with Gasteiger partial charge in [0.25, 0.3) is 5.91 Å². The van der Waals surface area contributed by atoms with Gasteiger partial charge in [-0.2, -0.15) is 0 Å². The molecule has 6 nitrogen and oxygen atoms in total. The van der Waals surface area contributed by atoms with E-state index in [9.17, 15) is 14.7 Å². The molecule has 1 aromatic heterocycles. The fourth-order valence-electron chi connectivity index (χ4n) is 2.03. The first-order chi connectivity index (χ1) is 8.98. The van der Waals surface area contributed by atoms with E-state index in [1.165, 1.54) is 11.3 Å². The van der Waals surface area contributed by atoms with Gasteiger partial charge in [0.2, 0.25) is 0 Å². The molecular formula is C12H17N3O3S. The van der Waals surface area contributed by atoms with Crippen molar-refractivity contribution in [1.29, 1.82) is 0 Å². The second-order valence-electron chi connectivity index (χ2n) is 4.66. The molecule has 19 heavy (non-hydrogen) atoms. The van der Waals surface area contributed by atoms with Gasteiger partial charge in [-0.25, -0.2) is 9.78 Å². The van der Waals surface area contributed by atoms with E-state index in [-0.39, 0.29) is 5.91 Å². The van der Waals surface area contributed by atoms with Gasteiger partial charge in [0.1, 0.15) is 10.4 Å². The number of thiazole rings is 1. The van der Waals surface area contributed by atoms with Crippen molar-refractivity contribution in [2.45, 2.75) is 38.6 Å². The third-order valence-electron chi connectivity index (χ3n) is 3.30. The van der Waals surface area contributed by atoms with Gasteiger partial charge in [0.05, 0.1) is 5.69 Å². The molecule has 0 aromatic carbocycles. The molecule has 7 heteroatoms. The van der Waals surface area contributed by atoms with E-state index in [0.717, 1.165) is 13.0 Å². The number of rotatable bonds is 5. The highest BCUT2D eigenvalue weighted by Crippen LogP contribution is 2.33. The number of nitrogens with one attached hydrogen (secondary N) is 2. The van der Waals surface area contributed by atoms with E-state index in [1.807, 2.05) is 6.92 Å². The van der Waals surface area contributed by atoms with Crippen LogP contribution in [0.25, 0.3) is 0 Å². The minimum atomic E-state index is -1.08. The fourth-order valence-corrected chi connectivity index (χ4v) is 2.96. The Balaban J connectivity index is 2.13. The summed E-state index contributed by atoms with van der Waals surface area (Å²) in [6.07, 6.45) is 1.81. The Bertz CT molecular complexity index is 508. The van der Waals surface area contributed by atoms with Crippen molar-refractivity contribution in [3.8, 4) is 0 Å². The highest BCUT2D eigenvalue weighted by atomic mass is 32.1. The third kappa shape index (κ3) is 2.56. The second-order valence-corrected chi connectivity index (χ2v) is 5.66. The maximum absolute atomic E-state index is 12.2. The molecule has 0 bridgehead atoms. The monoisotopic (exact) mass is 283 g/mol. The average Bonchev–Trinajstić information content (AvgIpc) is 2.64. The summed E-state index contributed by atoms with van der Waals surface area (Å²) in [6.45, 7) is 4.43. The molecule has 1 fully saturated rings. The van der Waals surface area contributed by atoms with Gasteiger partial charge >= 0.3 is 5.97 Å². The molecule has 0 unspecified atom stereocenters. The van der Waals surface area contributed by atoms with Gasteiger partial charge in [-0.3, -0.25) is 4.79 Å². The molecule has 0 aliphatic heterocycles. The van der Waals surface area contributed by atoms with E-state index in [4.69, 9.17) is 0 Å². The van der Waals surface area contributed by atoms with E-state index in [1.54, 1.807) is 6.92 Å². The summed E-state index contributed by atoms with van der Waals surface area (Å²) in [5, 5.41) is 15.6. The molecule has 3 N–H and O–H groups in total. The maximum Gasteiger partial charge on any atom is 0.329 e. The summed E-state index contributed by atoms with van der Waals surface area (Å²) < 4.78 is 0. The van der Waals surface area contributed by atoms with Crippen molar-refractivity contribution in [3.63, 3.8) is 0 Å². The first-order valence-electron chi connectivity index (χ1n) is 6.26. The smallest absolute Gasteiger partial charge is 0.329 e. The molecule has 1 amide bonds. The zero-order valence-electron chi connectivity index (χ0n) is 10.9. The Kier molecular flexibility index (Phi) is 3.75. The second kappa shape index (κ2) is 5.16. The van der Waals surface area contributed by atoms with Crippen LogP contribution in [0.5, 0.6) is 0 Å². The van der Waals surface area contributed by atoms with Crippen LogP contribution in [-0.4, -0.2) is 34.1 Å². The van der Waals surface area contributed by atoms with Gasteiger partial charge in [-0.05, 0) is 33.1 Å². The largest absolute Gasteiger partial charge is 0.480 e. The topological polar surface area (TPSA) is 91.3 Å². The van der Waals surface area contributed by atoms with Crippen LogP contribution in [0.4, 0.5) is 5.13 Å². The molecule has 2 rings (SSSR count). The molecule has 0 radical (unpaired) electrons. The van der Waals surface area contributed by atoms with Crippen molar-refractivity contribution in [2.24, 2.45) is 0 Å². The van der Waals surface area contributed by atoms with Gasteiger partial charge in [0.15, 0.2) is 5.13 Å². The predicted octanol–water partition coefficient (Wildman–Crippen LogP) is 1.62. The first-order valence-corrected chi connectivity index (χ1v) is 7.07. The zero-order chi connectivity index (χ0) is 14.0. The van der Waals surface area contributed by atoms with E-state index in [0.29, 0.717) is 28.5 Å². The van der Waals surface area contributed by atoms with Crippen molar-refractivity contribution in [1.82, 2.24) is 10.3 Å². The van der Waals surface area contributed by atoms with Crippen LogP contribution < -0.4 is 10.6 Å². The van der Waals surface area contributed by atoms with Crippen LogP contribution in [-0.2, 0) is 4.79 Å². The lowest BCUT2D eigenvalue weighted by molar-refractivity contribution is -0.148. The van der Waals surface area contributed by atoms with Crippen molar-refractivity contribution >= 4 is 28.3 Å². The summed E-state index contributed by atoms with van der Waals surface area (Å²) in [7, 11) is 0. The number of anilines is 1. The first kappa shape index (κ1) is 13.8. The average molecular weight is 283 g/mol. The predicted molar refractivity (Wildman–Crippen MR) is 72.7 cm³/mol. The fraction of sp³-hybridized carbons (Fsp3) is 0.583. The minimum Gasteiger partial charge on any atom is -0.480 e. The lowest BCUT2D eigenvalue weighted by Crippen LogP contribution is -2.59. The summed E-state index contributed by atoms with van der Waals surface area (Å²) in [5.74, 6) is -1.30. The van der Waals surface area contributed by atoms with Crippen LogP contribution in [0.3, 0.4) is 0 Å². The lowest BCUT2D eigenvalue weighted by Gasteiger charge is -2.38. The Labute approximate surface area is 115 Å². The number of nitrogens with zero attached hydrogens (tertiary/aromatic N) is 1. The molecule has 1 saturated carbocycles. The number of hydrogen-bond donors (Lipinski definition) is 3.